The Balaban J connectivity index is 2.43. The molecule has 1 rings (SSSR count). The van der Waals surface area contributed by atoms with Gasteiger partial charge in [-0.2, -0.15) is 0 Å². The highest BCUT2D eigenvalue weighted by Gasteiger charge is 2.38. The SMILES string of the molecule is C=CCOC1CCC(C)C(F)C1F. The number of halogens is 2. The third kappa shape index (κ3) is 2.50. The van der Waals surface area contributed by atoms with Crippen molar-refractivity contribution >= 4 is 0 Å². The van der Waals surface area contributed by atoms with Crippen LogP contribution in [0.25, 0.3) is 0 Å². The van der Waals surface area contributed by atoms with Crippen LogP contribution < -0.4 is 0 Å². The Hall–Kier alpha value is -0.440. The maximum atomic E-state index is 13.3. The first-order chi connectivity index (χ1) is 6.16. The molecule has 76 valence electrons. The van der Waals surface area contributed by atoms with E-state index in [9.17, 15) is 8.78 Å². The van der Waals surface area contributed by atoms with Crippen molar-refractivity contribution in [3.05, 3.63) is 12.7 Å². The predicted octanol–water partition coefficient (Wildman–Crippen LogP) is 2.66. The first kappa shape index (κ1) is 10.6. The van der Waals surface area contributed by atoms with E-state index in [4.69, 9.17) is 4.74 Å². The first-order valence-electron chi connectivity index (χ1n) is 4.67. The lowest BCUT2D eigenvalue weighted by atomic mass is 9.85. The van der Waals surface area contributed by atoms with E-state index in [-0.39, 0.29) is 5.92 Å². The minimum absolute atomic E-state index is 0.182. The Kier molecular flexibility index (Phi) is 3.85. The molecule has 0 heterocycles. The Morgan fingerprint density at radius 1 is 1.38 bits per heavy atom. The van der Waals surface area contributed by atoms with Crippen LogP contribution in [0.5, 0.6) is 0 Å². The third-order valence-corrected chi connectivity index (χ3v) is 2.54. The van der Waals surface area contributed by atoms with Crippen molar-refractivity contribution in [2.75, 3.05) is 6.61 Å². The maximum Gasteiger partial charge on any atom is 0.157 e. The van der Waals surface area contributed by atoms with Crippen LogP contribution in [0, 0.1) is 5.92 Å². The van der Waals surface area contributed by atoms with E-state index in [0.717, 1.165) is 0 Å². The second-order valence-electron chi connectivity index (χ2n) is 3.60. The molecule has 4 atom stereocenters. The van der Waals surface area contributed by atoms with Gasteiger partial charge in [-0.15, -0.1) is 6.58 Å². The lowest BCUT2D eigenvalue weighted by Crippen LogP contribution is -2.41. The second kappa shape index (κ2) is 4.70. The van der Waals surface area contributed by atoms with Gasteiger partial charge in [-0.25, -0.2) is 8.78 Å². The Morgan fingerprint density at radius 3 is 2.69 bits per heavy atom. The third-order valence-electron chi connectivity index (χ3n) is 2.54. The van der Waals surface area contributed by atoms with Gasteiger partial charge in [-0.1, -0.05) is 13.0 Å². The Bertz CT molecular complexity index is 172. The van der Waals surface area contributed by atoms with Gasteiger partial charge in [0.25, 0.3) is 0 Å². The Labute approximate surface area is 77.8 Å². The van der Waals surface area contributed by atoms with Crippen molar-refractivity contribution in [2.24, 2.45) is 5.92 Å². The van der Waals surface area contributed by atoms with Crippen molar-refractivity contribution in [1.82, 2.24) is 0 Å². The zero-order valence-electron chi connectivity index (χ0n) is 7.88. The van der Waals surface area contributed by atoms with Gasteiger partial charge in [0.1, 0.15) is 6.17 Å². The summed E-state index contributed by atoms with van der Waals surface area (Å²) in [5, 5.41) is 0. The lowest BCUT2D eigenvalue weighted by Gasteiger charge is -2.32. The molecule has 1 fully saturated rings. The minimum atomic E-state index is -1.47. The van der Waals surface area contributed by atoms with Crippen molar-refractivity contribution in [2.45, 2.75) is 38.2 Å². The fourth-order valence-corrected chi connectivity index (χ4v) is 1.63. The molecule has 0 radical (unpaired) electrons. The van der Waals surface area contributed by atoms with Gasteiger partial charge in [0.2, 0.25) is 0 Å². The molecule has 0 aromatic carbocycles. The van der Waals surface area contributed by atoms with Gasteiger partial charge in [0.05, 0.1) is 12.7 Å². The molecule has 0 aromatic rings. The topological polar surface area (TPSA) is 9.23 Å². The van der Waals surface area contributed by atoms with Crippen molar-refractivity contribution in [3.63, 3.8) is 0 Å². The standard InChI is InChI=1S/C10H16F2O/c1-3-6-13-8-5-4-7(2)9(11)10(8)12/h3,7-10H,1,4-6H2,2H3. The summed E-state index contributed by atoms with van der Waals surface area (Å²) >= 11 is 0. The maximum absolute atomic E-state index is 13.3. The summed E-state index contributed by atoms with van der Waals surface area (Å²) in [5.41, 5.74) is 0. The number of ether oxygens (including phenoxy) is 1. The van der Waals surface area contributed by atoms with E-state index >= 15 is 0 Å². The fourth-order valence-electron chi connectivity index (χ4n) is 1.63. The summed E-state index contributed by atoms with van der Waals surface area (Å²) in [5.74, 6) is -0.182. The average molecular weight is 190 g/mol. The van der Waals surface area contributed by atoms with E-state index in [0.29, 0.717) is 19.4 Å². The quantitative estimate of drug-likeness (QED) is 0.622. The summed E-state index contributed by atoms with van der Waals surface area (Å²) in [4.78, 5) is 0. The molecule has 1 saturated carbocycles. The zero-order chi connectivity index (χ0) is 9.84. The van der Waals surface area contributed by atoms with Gasteiger partial charge in [0, 0.05) is 0 Å². The average Bonchev–Trinajstić information content (AvgIpc) is 2.13. The summed E-state index contributed by atoms with van der Waals surface area (Å²) in [6.45, 7) is 5.50. The summed E-state index contributed by atoms with van der Waals surface area (Å²) in [6.07, 6.45) is -0.561. The monoisotopic (exact) mass is 190 g/mol. The molecule has 0 bridgehead atoms. The number of alkyl halides is 2. The van der Waals surface area contributed by atoms with E-state index in [2.05, 4.69) is 6.58 Å². The van der Waals surface area contributed by atoms with Gasteiger partial charge < -0.3 is 4.74 Å². The minimum Gasteiger partial charge on any atom is -0.371 e. The normalized spacial score (nSPS) is 40.2. The van der Waals surface area contributed by atoms with Gasteiger partial charge >= 0.3 is 0 Å². The lowest BCUT2D eigenvalue weighted by molar-refractivity contribution is -0.0630. The van der Waals surface area contributed by atoms with E-state index in [1.165, 1.54) is 0 Å². The van der Waals surface area contributed by atoms with Crippen LogP contribution in [0.4, 0.5) is 8.78 Å². The molecular formula is C10H16F2O. The van der Waals surface area contributed by atoms with E-state index in [1.54, 1.807) is 13.0 Å². The van der Waals surface area contributed by atoms with Crippen LogP contribution in [0.15, 0.2) is 12.7 Å². The molecule has 0 aromatic heterocycles. The highest BCUT2D eigenvalue weighted by atomic mass is 19.2. The highest BCUT2D eigenvalue weighted by Crippen LogP contribution is 2.31. The Morgan fingerprint density at radius 2 is 2.08 bits per heavy atom. The van der Waals surface area contributed by atoms with Crippen LogP contribution in [0.1, 0.15) is 19.8 Å². The molecule has 0 saturated heterocycles. The molecule has 1 nitrogen and oxygen atoms in total. The van der Waals surface area contributed by atoms with Crippen LogP contribution in [0.3, 0.4) is 0 Å². The molecule has 1 aliphatic carbocycles. The van der Waals surface area contributed by atoms with E-state index in [1.807, 2.05) is 0 Å². The molecule has 0 N–H and O–H groups in total. The first-order valence-corrected chi connectivity index (χ1v) is 4.67. The molecule has 4 unspecified atom stereocenters. The molecule has 0 amide bonds. The van der Waals surface area contributed by atoms with Gasteiger partial charge in [0.15, 0.2) is 6.17 Å². The predicted molar refractivity (Wildman–Crippen MR) is 48.1 cm³/mol. The van der Waals surface area contributed by atoms with Crippen LogP contribution in [-0.4, -0.2) is 25.1 Å². The van der Waals surface area contributed by atoms with Gasteiger partial charge in [-0.3, -0.25) is 0 Å². The second-order valence-corrected chi connectivity index (χ2v) is 3.60. The fraction of sp³-hybridized carbons (Fsp3) is 0.800. The van der Waals surface area contributed by atoms with Gasteiger partial charge in [-0.05, 0) is 18.8 Å². The molecule has 13 heavy (non-hydrogen) atoms. The van der Waals surface area contributed by atoms with Crippen molar-refractivity contribution in [1.29, 1.82) is 0 Å². The smallest absolute Gasteiger partial charge is 0.157 e. The summed E-state index contributed by atoms with van der Waals surface area (Å²) in [7, 11) is 0. The molecule has 3 heteroatoms. The molecule has 0 spiro atoms. The van der Waals surface area contributed by atoms with Crippen molar-refractivity contribution < 1.29 is 13.5 Å². The number of hydrogen-bond donors (Lipinski definition) is 0. The zero-order valence-corrected chi connectivity index (χ0v) is 7.88. The highest BCUT2D eigenvalue weighted by molar-refractivity contribution is 4.87. The number of rotatable bonds is 3. The molecular weight excluding hydrogens is 174 g/mol. The van der Waals surface area contributed by atoms with Crippen LogP contribution >= 0.6 is 0 Å². The van der Waals surface area contributed by atoms with Crippen LogP contribution in [0.2, 0.25) is 0 Å². The van der Waals surface area contributed by atoms with Crippen LogP contribution in [-0.2, 0) is 4.74 Å². The molecule has 1 aliphatic rings. The van der Waals surface area contributed by atoms with Crippen molar-refractivity contribution in [3.8, 4) is 0 Å². The van der Waals surface area contributed by atoms with E-state index < -0.39 is 18.4 Å². The largest absolute Gasteiger partial charge is 0.371 e. The summed E-state index contributed by atoms with van der Waals surface area (Å²) < 4.78 is 31.6. The molecule has 0 aliphatic heterocycles. The number of hydrogen-bond acceptors (Lipinski definition) is 1. The summed E-state index contributed by atoms with van der Waals surface area (Å²) in [6, 6.07) is 0.